The van der Waals surface area contributed by atoms with Gasteiger partial charge in [0, 0.05) is 61.1 Å². The van der Waals surface area contributed by atoms with Gasteiger partial charge in [-0.05, 0) is 73.5 Å². The molecule has 0 aliphatic carbocycles. The van der Waals surface area contributed by atoms with Gasteiger partial charge in [-0.2, -0.15) is 0 Å². The van der Waals surface area contributed by atoms with Crippen molar-refractivity contribution in [2.75, 3.05) is 39.3 Å². The number of carbonyl (C=O) groups excluding carboxylic acids is 4. The van der Waals surface area contributed by atoms with Gasteiger partial charge in [-0.25, -0.2) is 0 Å². The summed E-state index contributed by atoms with van der Waals surface area (Å²) in [4.78, 5) is 67.2. The van der Waals surface area contributed by atoms with Crippen molar-refractivity contribution in [2.24, 2.45) is 22.2 Å². The third-order valence-corrected chi connectivity index (χ3v) is 10.7. The average molecular weight is 828 g/mol. The number of nitrogens with one attached hydrogen (secondary N) is 3. The molecule has 0 spiro atoms. The lowest BCUT2D eigenvalue weighted by Gasteiger charge is -2.42. The van der Waals surface area contributed by atoms with Crippen LogP contribution in [0.2, 0.25) is 5.02 Å². The van der Waals surface area contributed by atoms with Crippen LogP contribution in [0.15, 0.2) is 90.1 Å². The number of unbranched alkanes of at least 4 members (excludes halogenated alkanes) is 3. The van der Waals surface area contributed by atoms with Crippen LogP contribution in [-0.4, -0.2) is 102 Å². The maximum atomic E-state index is 14.8. The van der Waals surface area contributed by atoms with Gasteiger partial charge in [0.15, 0.2) is 5.96 Å². The maximum Gasteiger partial charge on any atom is 0.246 e. The van der Waals surface area contributed by atoms with Crippen LogP contribution in [0.5, 0.6) is 0 Å². The van der Waals surface area contributed by atoms with Crippen molar-refractivity contribution >= 4 is 52.1 Å². The smallest absolute Gasteiger partial charge is 0.246 e. The van der Waals surface area contributed by atoms with Gasteiger partial charge in [-0.1, -0.05) is 85.1 Å². The molecule has 14 nitrogen and oxygen atoms in total. The van der Waals surface area contributed by atoms with E-state index < -0.39 is 29.9 Å². The molecule has 1 aliphatic rings. The molecule has 0 saturated carbocycles. The van der Waals surface area contributed by atoms with Crippen molar-refractivity contribution in [3.05, 3.63) is 107 Å². The number of aromatic amines is 1. The van der Waals surface area contributed by atoms with E-state index in [1.54, 1.807) is 34.1 Å². The Labute approximate surface area is 351 Å². The summed E-state index contributed by atoms with van der Waals surface area (Å²) in [6.07, 6.45) is 6.99. The minimum Gasteiger partial charge on any atom is -0.374 e. The van der Waals surface area contributed by atoms with Crippen LogP contribution in [0.25, 0.3) is 10.9 Å². The number of hydrogen-bond acceptors (Lipinski definition) is 7. The largest absolute Gasteiger partial charge is 0.374 e. The van der Waals surface area contributed by atoms with E-state index >= 15 is 0 Å². The van der Waals surface area contributed by atoms with Crippen LogP contribution in [-0.2, 0) is 43.4 Å². The lowest BCUT2D eigenvalue weighted by molar-refractivity contribution is -0.153. The van der Waals surface area contributed by atoms with Crippen LogP contribution in [0.1, 0.15) is 61.6 Å². The molecule has 1 fully saturated rings. The number of ether oxygens (including phenoxy) is 1. The molecule has 1 aromatic heterocycles. The highest BCUT2D eigenvalue weighted by atomic mass is 35.5. The normalized spacial score (nSPS) is 15.2. The van der Waals surface area contributed by atoms with Gasteiger partial charge < -0.3 is 47.4 Å². The van der Waals surface area contributed by atoms with E-state index in [0.717, 1.165) is 46.9 Å². The number of amides is 4. The van der Waals surface area contributed by atoms with Crippen LogP contribution in [0, 0.1) is 0 Å². The number of halogens is 1. The molecule has 0 radical (unpaired) electrons. The molecule has 0 unspecified atom stereocenters. The molecular formula is C44H58ClN9O5. The second-order valence-corrected chi connectivity index (χ2v) is 15.3. The van der Waals surface area contributed by atoms with Crippen molar-refractivity contribution in [1.82, 2.24) is 25.4 Å². The zero-order valence-corrected chi connectivity index (χ0v) is 34.4. The molecule has 316 valence electrons. The summed E-state index contributed by atoms with van der Waals surface area (Å²) in [5.41, 5.74) is 20.6. The first-order valence-electron chi connectivity index (χ1n) is 20.5. The summed E-state index contributed by atoms with van der Waals surface area (Å²) in [6, 6.07) is 21.6. The zero-order valence-electron chi connectivity index (χ0n) is 33.6. The van der Waals surface area contributed by atoms with Gasteiger partial charge in [0.25, 0.3) is 0 Å². The fourth-order valence-corrected chi connectivity index (χ4v) is 7.45. The number of fused-ring (bicyclic) bond motifs is 1. The third-order valence-electron chi connectivity index (χ3n) is 10.5. The number of rotatable bonds is 23. The first kappa shape index (κ1) is 44.7. The molecule has 5 rings (SSSR count). The number of H-pyrrole nitrogens is 1. The summed E-state index contributed by atoms with van der Waals surface area (Å²) >= 11 is 6.20. The fraction of sp³-hybridized carbons (Fsp3) is 0.432. The van der Waals surface area contributed by atoms with Crippen molar-refractivity contribution < 1.29 is 23.9 Å². The van der Waals surface area contributed by atoms with Crippen LogP contribution in [0.4, 0.5) is 0 Å². The second kappa shape index (κ2) is 23.2. The minimum absolute atomic E-state index is 0.0556. The van der Waals surface area contributed by atoms with E-state index in [0.29, 0.717) is 50.3 Å². The van der Waals surface area contributed by atoms with E-state index in [-0.39, 0.29) is 56.9 Å². The number of carbonyl (C=O) groups is 4. The lowest BCUT2D eigenvalue weighted by Crippen LogP contribution is -2.63. The number of aromatic nitrogens is 1. The minimum atomic E-state index is -1.09. The van der Waals surface area contributed by atoms with E-state index in [1.165, 1.54) is 0 Å². The lowest BCUT2D eigenvalue weighted by atomic mass is 9.99. The van der Waals surface area contributed by atoms with Crippen molar-refractivity contribution in [1.29, 1.82) is 0 Å². The summed E-state index contributed by atoms with van der Waals surface area (Å²) < 4.78 is 5.96. The molecule has 9 N–H and O–H groups in total. The molecule has 4 aromatic rings. The van der Waals surface area contributed by atoms with Crippen molar-refractivity contribution in [3.63, 3.8) is 0 Å². The molecular weight excluding hydrogens is 770 g/mol. The maximum absolute atomic E-state index is 14.8. The van der Waals surface area contributed by atoms with Gasteiger partial charge in [-0.15, -0.1) is 0 Å². The van der Waals surface area contributed by atoms with Crippen LogP contribution >= 0.6 is 11.6 Å². The van der Waals surface area contributed by atoms with Gasteiger partial charge in [0.1, 0.15) is 18.1 Å². The number of benzene rings is 3. The summed E-state index contributed by atoms with van der Waals surface area (Å²) in [7, 11) is 0. The van der Waals surface area contributed by atoms with E-state index in [9.17, 15) is 19.2 Å². The zero-order chi connectivity index (χ0) is 42.0. The Kier molecular flexibility index (Phi) is 17.6. The summed E-state index contributed by atoms with van der Waals surface area (Å²) in [5.74, 6) is -1.52. The Morgan fingerprint density at radius 1 is 0.881 bits per heavy atom. The Balaban J connectivity index is 1.35. The second-order valence-electron chi connectivity index (χ2n) is 14.9. The van der Waals surface area contributed by atoms with Gasteiger partial charge >= 0.3 is 0 Å². The van der Waals surface area contributed by atoms with Crippen LogP contribution in [0.3, 0.4) is 0 Å². The molecule has 3 atom stereocenters. The first-order valence-corrected chi connectivity index (χ1v) is 20.9. The highest BCUT2D eigenvalue weighted by molar-refractivity contribution is 6.30. The van der Waals surface area contributed by atoms with E-state index in [2.05, 4.69) is 26.7 Å². The van der Waals surface area contributed by atoms with Gasteiger partial charge in [0.05, 0.1) is 13.2 Å². The number of para-hydroxylation sites is 1. The van der Waals surface area contributed by atoms with Crippen LogP contribution < -0.4 is 27.8 Å². The van der Waals surface area contributed by atoms with Gasteiger partial charge in [-0.3, -0.25) is 24.2 Å². The molecule has 0 bridgehead atoms. The summed E-state index contributed by atoms with van der Waals surface area (Å²) in [5, 5.41) is 7.43. The number of piperazine rings is 1. The Morgan fingerprint density at radius 3 is 2.39 bits per heavy atom. The average Bonchev–Trinajstić information content (AvgIpc) is 3.65. The topological polar surface area (TPSA) is 214 Å². The van der Waals surface area contributed by atoms with E-state index in [4.69, 9.17) is 33.5 Å². The monoisotopic (exact) mass is 827 g/mol. The number of guanidine groups is 1. The van der Waals surface area contributed by atoms with E-state index in [1.807, 2.05) is 54.7 Å². The Bertz CT molecular complexity index is 1990. The molecule has 1 aliphatic heterocycles. The number of aliphatic imine (C=N–C) groups is 1. The molecule has 15 heteroatoms. The fourth-order valence-electron chi connectivity index (χ4n) is 7.32. The molecule has 3 aromatic carbocycles. The highest BCUT2D eigenvalue weighted by Crippen LogP contribution is 2.23. The van der Waals surface area contributed by atoms with Crippen molar-refractivity contribution in [2.45, 2.75) is 82.5 Å². The standard InChI is InChI=1S/C44H58ClN9O5/c45-34-19-17-31(18-20-34)27-37(52-41(56)38(30-59-29-32-11-4-3-5-12-32)51-40(55)16-6-1-2-9-22-46)42(57)54-26-25-53(43(58)39(54)15-10-23-49-44(47)48)24-21-33-28-50-36-14-8-7-13-35(33)36/h3-5,7-8,11-14,17-20,28,37-39,50H,1-2,6,9-10,15-16,21-27,29-30,46H2,(H,51,55)(H,52,56)(H4,47,48,49)/t37-,38+,39+/m1/s1. The SMILES string of the molecule is NCCCCCCC(=O)N[C@@H](COCc1ccccc1)C(=O)N[C@H](Cc1ccc(Cl)cc1)C(=O)N1CCN(CCc2c[nH]c3ccccc23)C(=O)[C@@H]1CCCN=C(N)N. The van der Waals surface area contributed by atoms with Crippen molar-refractivity contribution in [3.8, 4) is 0 Å². The summed E-state index contributed by atoms with van der Waals surface area (Å²) in [6.45, 7) is 2.02. The highest BCUT2D eigenvalue weighted by Gasteiger charge is 2.40. The van der Waals surface area contributed by atoms with Gasteiger partial charge in [0.2, 0.25) is 23.6 Å². The number of nitrogens with two attached hydrogens (primary N) is 3. The molecule has 2 heterocycles. The predicted molar refractivity (Wildman–Crippen MR) is 231 cm³/mol. The third kappa shape index (κ3) is 13.8. The Hall–Kier alpha value is -5.44. The number of nitrogens with zero attached hydrogens (tertiary/aromatic N) is 3. The quantitative estimate of drug-likeness (QED) is 0.0367. The first-order chi connectivity index (χ1) is 28.6. The molecule has 4 amide bonds. The number of hydrogen-bond donors (Lipinski definition) is 6. The molecule has 1 saturated heterocycles. The molecule has 59 heavy (non-hydrogen) atoms. The Morgan fingerprint density at radius 2 is 1.63 bits per heavy atom. The predicted octanol–water partition coefficient (Wildman–Crippen LogP) is 3.80.